The van der Waals surface area contributed by atoms with E-state index in [1.54, 1.807) is 7.05 Å². The van der Waals surface area contributed by atoms with E-state index in [-0.39, 0.29) is 11.2 Å². The van der Waals surface area contributed by atoms with Gasteiger partial charge in [0.15, 0.2) is 11.2 Å². The maximum atomic E-state index is 12.9. The smallest absolute Gasteiger partial charge is 0.332 e. The Hall–Kier alpha value is -3.61. The molecule has 30 heavy (non-hydrogen) atoms. The SMILES string of the molecule is Cn1c(=O)c2c(nc(NCCc3ccccc3)n2CCc2ccccc2)n(C)c1=O. The van der Waals surface area contributed by atoms with Crippen LogP contribution in [0.25, 0.3) is 11.2 Å². The number of hydrogen-bond donors (Lipinski definition) is 1. The van der Waals surface area contributed by atoms with Gasteiger partial charge in [-0.1, -0.05) is 60.7 Å². The summed E-state index contributed by atoms with van der Waals surface area (Å²) in [6, 6.07) is 20.3. The number of hydrogen-bond acceptors (Lipinski definition) is 4. The molecule has 0 aliphatic heterocycles. The van der Waals surface area contributed by atoms with E-state index in [1.165, 1.54) is 22.7 Å². The molecule has 0 spiro atoms. The van der Waals surface area contributed by atoms with Gasteiger partial charge in [-0.05, 0) is 24.0 Å². The predicted octanol–water partition coefficient (Wildman–Crippen LogP) is 2.33. The van der Waals surface area contributed by atoms with Crippen molar-refractivity contribution in [2.75, 3.05) is 11.9 Å². The lowest BCUT2D eigenvalue weighted by molar-refractivity contribution is 0.686. The first kappa shape index (κ1) is 19.7. The highest BCUT2D eigenvalue weighted by molar-refractivity contribution is 5.74. The Labute approximate surface area is 174 Å². The van der Waals surface area contributed by atoms with Crippen LogP contribution >= 0.6 is 0 Å². The van der Waals surface area contributed by atoms with Gasteiger partial charge < -0.3 is 9.88 Å². The molecule has 7 heteroatoms. The molecule has 0 saturated carbocycles. The molecule has 0 amide bonds. The summed E-state index contributed by atoms with van der Waals surface area (Å²) in [5.74, 6) is 0.607. The summed E-state index contributed by atoms with van der Waals surface area (Å²) in [5, 5.41) is 3.37. The quantitative estimate of drug-likeness (QED) is 0.514. The Morgan fingerprint density at radius 2 is 1.43 bits per heavy atom. The molecule has 7 nitrogen and oxygen atoms in total. The van der Waals surface area contributed by atoms with Gasteiger partial charge in [-0.25, -0.2) is 4.79 Å². The van der Waals surface area contributed by atoms with Gasteiger partial charge in [0.1, 0.15) is 0 Å². The molecule has 4 rings (SSSR count). The predicted molar refractivity (Wildman–Crippen MR) is 119 cm³/mol. The molecule has 4 aromatic rings. The van der Waals surface area contributed by atoms with E-state index in [1.807, 2.05) is 41.0 Å². The van der Waals surface area contributed by atoms with Crippen LogP contribution < -0.4 is 16.6 Å². The summed E-state index contributed by atoms with van der Waals surface area (Å²) in [4.78, 5) is 29.9. The number of rotatable bonds is 7. The number of imidazole rings is 1. The Morgan fingerprint density at radius 3 is 2.07 bits per heavy atom. The van der Waals surface area contributed by atoms with Gasteiger partial charge in [-0.2, -0.15) is 4.98 Å². The summed E-state index contributed by atoms with van der Waals surface area (Å²) >= 11 is 0. The van der Waals surface area contributed by atoms with Crippen molar-refractivity contribution in [2.45, 2.75) is 19.4 Å². The first-order valence-corrected chi connectivity index (χ1v) is 10.0. The van der Waals surface area contributed by atoms with Crippen LogP contribution in [0.2, 0.25) is 0 Å². The van der Waals surface area contributed by atoms with Gasteiger partial charge in [-0.3, -0.25) is 13.9 Å². The van der Waals surface area contributed by atoms with Crippen LogP contribution in [0, 0.1) is 0 Å². The maximum absolute atomic E-state index is 12.9. The average molecular weight is 403 g/mol. The summed E-state index contributed by atoms with van der Waals surface area (Å²) in [6.07, 6.45) is 1.59. The van der Waals surface area contributed by atoms with E-state index in [0.717, 1.165) is 17.4 Å². The normalized spacial score (nSPS) is 11.1. The van der Waals surface area contributed by atoms with E-state index in [2.05, 4.69) is 34.6 Å². The van der Waals surface area contributed by atoms with Crippen molar-refractivity contribution < 1.29 is 0 Å². The van der Waals surface area contributed by atoms with Crippen molar-refractivity contribution in [3.63, 3.8) is 0 Å². The first-order chi connectivity index (χ1) is 14.6. The van der Waals surface area contributed by atoms with Crippen LogP contribution in [0.4, 0.5) is 5.95 Å². The standard InChI is InChI=1S/C23H25N5O2/c1-26-20-19(21(29)27(2)23(26)30)28(16-14-18-11-7-4-8-12-18)22(25-20)24-15-13-17-9-5-3-6-10-17/h3-12H,13-16H2,1-2H3,(H,24,25). The average Bonchev–Trinajstić information content (AvgIpc) is 3.15. The van der Waals surface area contributed by atoms with Gasteiger partial charge in [-0.15, -0.1) is 0 Å². The number of anilines is 1. The van der Waals surface area contributed by atoms with Crippen molar-refractivity contribution in [3.05, 3.63) is 92.6 Å². The zero-order valence-corrected chi connectivity index (χ0v) is 17.2. The van der Waals surface area contributed by atoms with Crippen LogP contribution in [0.15, 0.2) is 70.3 Å². The molecule has 0 unspecified atom stereocenters. The third kappa shape index (κ3) is 3.78. The van der Waals surface area contributed by atoms with E-state index < -0.39 is 0 Å². The summed E-state index contributed by atoms with van der Waals surface area (Å²) in [5.41, 5.74) is 2.54. The molecule has 0 bridgehead atoms. The fraction of sp³-hybridized carbons (Fsp3) is 0.261. The lowest BCUT2D eigenvalue weighted by Crippen LogP contribution is -2.37. The molecule has 0 atom stereocenters. The Balaban J connectivity index is 1.70. The Morgan fingerprint density at radius 1 is 0.833 bits per heavy atom. The van der Waals surface area contributed by atoms with Crippen molar-refractivity contribution in [1.29, 1.82) is 0 Å². The minimum atomic E-state index is -0.379. The highest BCUT2D eigenvalue weighted by atomic mass is 16.2. The highest BCUT2D eigenvalue weighted by Crippen LogP contribution is 2.17. The van der Waals surface area contributed by atoms with E-state index >= 15 is 0 Å². The van der Waals surface area contributed by atoms with Crippen molar-refractivity contribution in [1.82, 2.24) is 18.7 Å². The van der Waals surface area contributed by atoms with E-state index in [9.17, 15) is 9.59 Å². The second kappa shape index (κ2) is 8.41. The number of nitrogens with zero attached hydrogens (tertiary/aromatic N) is 4. The zero-order chi connectivity index (χ0) is 21.1. The molecular weight excluding hydrogens is 378 g/mol. The zero-order valence-electron chi connectivity index (χ0n) is 17.2. The first-order valence-electron chi connectivity index (χ1n) is 10.0. The molecule has 154 valence electrons. The molecule has 0 aliphatic rings. The fourth-order valence-electron chi connectivity index (χ4n) is 3.65. The number of fused-ring (bicyclic) bond motifs is 1. The molecule has 0 saturated heterocycles. The monoisotopic (exact) mass is 403 g/mol. The van der Waals surface area contributed by atoms with Crippen molar-refractivity contribution in [3.8, 4) is 0 Å². The third-order valence-corrected chi connectivity index (χ3v) is 5.35. The van der Waals surface area contributed by atoms with E-state index in [4.69, 9.17) is 0 Å². The lowest BCUT2D eigenvalue weighted by atomic mass is 10.1. The number of benzene rings is 2. The second-order valence-corrected chi connectivity index (χ2v) is 7.36. The lowest BCUT2D eigenvalue weighted by Gasteiger charge is -2.11. The molecule has 1 N–H and O–H groups in total. The van der Waals surface area contributed by atoms with Gasteiger partial charge in [0.25, 0.3) is 5.56 Å². The topological polar surface area (TPSA) is 73.8 Å². The Kier molecular flexibility index (Phi) is 5.52. The number of aryl methyl sites for hydroxylation is 3. The van der Waals surface area contributed by atoms with Gasteiger partial charge in [0.2, 0.25) is 5.95 Å². The number of aromatic nitrogens is 4. The van der Waals surface area contributed by atoms with Crippen LogP contribution in [-0.2, 0) is 33.5 Å². The third-order valence-electron chi connectivity index (χ3n) is 5.35. The molecule has 2 aromatic heterocycles. The van der Waals surface area contributed by atoms with E-state index in [0.29, 0.717) is 30.2 Å². The molecule has 2 aromatic carbocycles. The second-order valence-electron chi connectivity index (χ2n) is 7.36. The Bertz CT molecular complexity index is 1270. The summed E-state index contributed by atoms with van der Waals surface area (Å²) in [7, 11) is 3.15. The van der Waals surface area contributed by atoms with Crippen LogP contribution in [0.1, 0.15) is 11.1 Å². The van der Waals surface area contributed by atoms with Crippen LogP contribution in [0.5, 0.6) is 0 Å². The van der Waals surface area contributed by atoms with Crippen LogP contribution in [0.3, 0.4) is 0 Å². The van der Waals surface area contributed by atoms with Crippen molar-refractivity contribution >= 4 is 17.1 Å². The molecule has 0 radical (unpaired) electrons. The minimum absolute atomic E-state index is 0.329. The highest BCUT2D eigenvalue weighted by Gasteiger charge is 2.18. The van der Waals surface area contributed by atoms with Gasteiger partial charge >= 0.3 is 5.69 Å². The summed E-state index contributed by atoms with van der Waals surface area (Å²) in [6.45, 7) is 1.26. The molecule has 2 heterocycles. The van der Waals surface area contributed by atoms with Gasteiger partial charge in [0.05, 0.1) is 0 Å². The van der Waals surface area contributed by atoms with Crippen LogP contribution in [-0.4, -0.2) is 25.2 Å². The fourth-order valence-corrected chi connectivity index (χ4v) is 3.65. The molecule has 0 aliphatic carbocycles. The maximum Gasteiger partial charge on any atom is 0.332 e. The van der Waals surface area contributed by atoms with Gasteiger partial charge in [0, 0.05) is 27.2 Å². The minimum Gasteiger partial charge on any atom is -0.355 e. The number of nitrogens with one attached hydrogen (secondary N) is 1. The summed E-state index contributed by atoms with van der Waals surface area (Å²) < 4.78 is 4.46. The molecular formula is C23H25N5O2. The molecule has 0 fully saturated rings. The van der Waals surface area contributed by atoms with Crippen molar-refractivity contribution in [2.24, 2.45) is 14.1 Å². The largest absolute Gasteiger partial charge is 0.355 e.